The summed E-state index contributed by atoms with van der Waals surface area (Å²) in [6, 6.07) is 0. The fourth-order valence-corrected chi connectivity index (χ4v) is 2.01. The van der Waals surface area contributed by atoms with Gasteiger partial charge in [-0.15, -0.1) is 0 Å². The molecule has 0 saturated heterocycles. The number of fused-ring (bicyclic) bond motifs is 1. The van der Waals surface area contributed by atoms with Gasteiger partial charge in [0.2, 0.25) is 0 Å². The first-order valence-corrected chi connectivity index (χ1v) is 5.66. The van der Waals surface area contributed by atoms with E-state index in [2.05, 4.69) is 21.8 Å². The highest BCUT2D eigenvalue weighted by atomic mass is 16.5. The molecule has 1 aliphatic heterocycles. The second-order valence-corrected chi connectivity index (χ2v) is 3.95. The summed E-state index contributed by atoms with van der Waals surface area (Å²) in [5.41, 5.74) is 7.81. The van der Waals surface area contributed by atoms with Gasteiger partial charge in [-0.2, -0.15) is 0 Å². The van der Waals surface area contributed by atoms with Crippen molar-refractivity contribution >= 4 is 5.82 Å². The minimum atomic E-state index is 0.395. The molecule has 0 bridgehead atoms. The number of nitrogens with zero attached hydrogens (tertiary/aromatic N) is 3. The zero-order chi connectivity index (χ0) is 11.5. The molecule has 0 aliphatic carbocycles. The molecule has 1 aromatic rings. The molecule has 2 heterocycles. The molecule has 0 radical (unpaired) electrons. The Morgan fingerprint density at radius 1 is 1.25 bits per heavy atom. The van der Waals surface area contributed by atoms with Gasteiger partial charge in [-0.05, 0) is 6.54 Å². The van der Waals surface area contributed by atoms with E-state index in [0.717, 1.165) is 43.9 Å². The van der Waals surface area contributed by atoms with E-state index in [-0.39, 0.29) is 0 Å². The SMILES string of the molecule is CCN1CCc2nc(N)c(OC)nc2CC1. The van der Waals surface area contributed by atoms with Crippen LogP contribution in [0.1, 0.15) is 18.3 Å². The van der Waals surface area contributed by atoms with Crippen molar-refractivity contribution in [2.24, 2.45) is 0 Å². The smallest absolute Gasteiger partial charge is 0.257 e. The van der Waals surface area contributed by atoms with Crippen LogP contribution in [-0.4, -0.2) is 41.6 Å². The normalized spacial score (nSPS) is 16.6. The highest BCUT2D eigenvalue weighted by molar-refractivity contribution is 5.42. The van der Waals surface area contributed by atoms with Gasteiger partial charge >= 0.3 is 0 Å². The lowest BCUT2D eigenvalue weighted by atomic mass is 10.2. The van der Waals surface area contributed by atoms with Gasteiger partial charge in [0.1, 0.15) is 0 Å². The number of rotatable bonds is 2. The van der Waals surface area contributed by atoms with Crippen LogP contribution in [0, 0.1) is 0 Å². The van der Waals surface area contributed by atoms with Gasteiger partial charge in [0.25, 0.3) is 5.88 Å². The number of anilines is 1. The third kappa shape index (κ3) is 2.09. The number of nitrogens with two attached hydrogens (primary N) is 1. The fourth-order valence-electron chi connectivity index (χ4n) is 2.01. The average molecular weight is 222 g/mol. The molecule has 0 unspecified atom stereocenters. The largest absolute Gasteiger partial charge is 0.478 e. The molecule has 0 fully saturated rings. The molecule has 16 heavy (non-hydrogen) atoms. The second kappa shape index (κ2) is 4.65. The molecule has 2 rings (SSSR count). The maximum atomic E-state index is 5.76. The topological polar surface area (TPSA) is 64.3 Å². The van der Waals surface area contributed by atoms with Gasteiger partial charge < -0.3 is 15.4 Å². The van der Waals surface area contributed by atoms with Crippen LogP contribution < -0.4 is 10.5 Å². The van der Waals surface area contributed by atoms with Crippen LogP contribution in [0.25, 0.3) is 0 Å². The number of aromatic nitrogens is 2. The van der Waals surface area contributed by atoms with E-state index in [4.69, 9.17) is 10.5 Å². The summed E-state index contributed by atoms with van der Waals surface area (Å²) < 4.78 is 5.09. The molecule has 88 valence electrons. The summed E-state index contributed by atoms with van der Waals surface area (Å²) >= 11 is 0. The van der Waals surface area contributed by atoms with Crippen molar-refractivity contribution in [1.29, 1.82) is 0 Å². The summed E-state index contributed by atoms with van der Waals surface area (Å²) in [4.78, 5) is 11.2. The third-order valence-electron chi connectivity index (χ3n) is 3.01. The zero-order valence-electron chi connectivity index (χ0n) is 9.86. The molecule has 1 aliphatic rings. The van der Waals surface area contributed by atoms with Gasteiger partial charge in [0.15, 0.2) is 5.82 Å². The van der Waals surface area contributed by atoms with E-state index in [9.17, 15) is 0 Å². The standard InChI is InChI=1S/C11H18N4O/c1-3-15-6-4-8-9(5-7-15)14-11(16-2)10(12)13-8/h3-7H2,1-2H3,(H2,12,13). The van der Waals surface area contributed by atoms with Crippen LogP contribution in [0.3, 0.4) is 0 Å². The first kappa shape index (κ1) is 11.1. The number of likely N-dealkylation sites (N-methyl/N-ethyl adjacent to an activating group) is 1. The zero-order valence-corrected chi connectivity index (χ0v) is 9.86. The van der Waals surface area contributed by atoms with Crippen LogP contribution in [0.5, 0.6) is 5.88 Å². The van der Waals surface area contributed by atoms with Gasteiger partial charge in [-0.3, -0.25) is 0 Å². The minimum absolute atomic E-state index is 0.395. The minimum Gasteiger partial charge on any atom is -0.478 e. The Kier molecular flexibility index (Phi) is 3.24. The molecule has 0 aromatic carbocycles. The molecule has 5 heteroatoms. The molecule has 2 N–H and O–H groups in total. The maximum Gasteiger partial charge on any atom is 0.257 e. The van der Waals surface area contributed by atoms with E-state index in [0.29, 0.717) is 11.7 Å². The molecular formula is C11H18N4O. The van der Waals surface area contributed by atoms with Gasteiger partial charge in [0.05, 0.1) is 18.5 Å². The number of hydrogen-bond donors (Lipinski definition) is 1. The van der Waals surface area contributed by atoms with Crippen molar-refractivity contribution < 1.29 is 4.74 Å². The lowest BCUT2D eigenvalue weighted by molar-refractivity contribution is 0.302. The Morgan fingerprint density at radius 2 is 1.88 bits per heavy atom. The highest BCUT2D eigenvalue weighted by Crippen LogP contribution is 2.20. The summed E-state index contributed by atoms with van der Waals surface area (Å²) in [5.74, 6) is 0.842. The number of hydrogen-bond acceptors (Lipinski definition) is 5. The van der Waals surface area contributed by atoms with Crippen LogP contribution in [0.2, 0.25) is 0 Å². The van der Waals surface area contributed by atoms with Gasteiger partial charge in [-0.25, -0.2) is 9.97 Å². The summed E-state index contributed by atoms with van der Waals surface area (Å²) in [6.45, 7) is 5.31. The molecule has 0 saturated carbocycles. The highest BCUT2D eigenvalue weighted by Gasteiger charge is 2.17. The maximum absolute atomic E-state index is 5.76. The predicted molar refractivity (Wildman–Crippen MR) is 62.5 cm³/mol. The first-order valence-electron chi connectivity index (χ1n) is 5.66. The Balaban J connectivity index is 2.28. The summed E-state index contributed by atoms with van der Waals surface area (Å²) in [6.07, 6.45) is 1.84. The van der Waals surface area contributed by atoms with Crippen LogP contribution in [0.15, 0.2) is 0 Å². The molecule has 0 amide bonds. The van der Waals surface area contributed by atoms with E-state index in [1.165, 1.54) is 0 Å². The molecule has 0 spiro atoms. The Labute approximate surface area is 95.6 Å². The Morgan fingerprint density at radius 3 is 2.44 bits per heavy atom. The molecular weight excluding hydrogens is 204 g/mol. The summed E-state index contributed by atoms with van der Waals surface area (Å²) in [5, 5.41) is 0. The van der Waals surface area contributed by atoms with Gasteiger partial charge in [0, 0.05) is 25.9 Å². The van der Waals surface area contributed by atoms with Crippen LogP contribution >= 0.6 is 0 Å². The van der Waals surface area contributed by atoms with Crippen molar-refractivity contribution in [3.63, 3.8) is 0 Å². The number of nitrogen functional groups attached to an aromatic ring is 1. The number of methoxy groups -OCH3 is 1. The van der Waals surface area contributed by atoms with E-state index >= 15 is 0 Å². The van der Waals surface area contributed by atoms with Crippen LogP contribution in [-0.2, 0) is 12.8 Å². The van der Waals surface area contributed by atoms with Crippen molar-refractivity contribution in [1.82, 2.24) is 14.9 Å². The second-order valence-electron chi connectivity index (χ2n) is 3.95. The van der Waals surface area contributed by atoms with Crippen LogP contribution in [0.4, 0.5) is 5.82 Å². The molecule has 5 nitrogen and oxygen atoms in total. The average Bonchev–Trinajstić information content (AvgIpc) is 2.49. The van der Waals surface area contributed by atoms with E-state index in [1.54, 1.807) is 7.11 Å². The Hall–Kier alpha value is -1.36. The fraction of sp³-hybridized carbons (Fsp3) is 0.636. The van der Waals surface area contributed by atoms with Crippen molar-refractivity contribution in [3.05, 3.63) is 11.4 Å². The van der Waals surface area contributed by atoms with E-state index < -0.39 is 0 Å². The first-order chi connectivity index (χ1) is 7.74. The lowest BCUT2D eigenvalue weighted by Gasteiger charge is -2.15. The van der Waals surface area contributed by atoms with Crippen molar-refractivity contribution in [2.75, 3.05) is 32.5 Å². The number of ether oxygens (including phenoxy) is 1. The molecule has 0 atom stereocenters. The predicted octanol–water partition coefficient (Wildman–Crippen LogP) is 0.488. The molecule has 1 aromatic heterocycles. The van der Waals surface area contributed by atoms with Crippen molar-refractivity contribution in [3.8, 4) is 5.88 Å². The van der Waals surface area contributed by atoms with Crippen molar-refractivity contribution in [2.45, 2.75) is 19.8 Å². The van der Waals surface area contributed by atoms with E-state index in [1.807, 2.05) is 0 Å². The lowest BCUT2D eigenvalue weighted by Crippen LogP contribution is -2.25. The summed E-state index contributed by atoms with van der Waals surface area (Å²) in [7, 11) is 1.57. The Bertz CT molecular complexity index is 380. The quantitative estimate of drug-likeness (QED) is 0.789. The third-order valence-corrected chi connectivity index (χ3v) is 3.01. The van der Waals surface area contributed by atoms with Gasteiger partial charge in [-0.1, -0.05) is 6.92 Å². The monoisotopic (exact) mass is 222 g/mol.